The number of pyridine rings is 1. The lowest BCUT2D eigenvalue weighted by molar-refractivity contribution is 0.0780. The van der Waals surface area contributed by atoms with E-state index in [0.29, 0.717) is 12.4 Å². The van der Waals surface area contributed by atoms with Crippen molar-refractivity contribution in [2.45, 2.75) is 13.5 Å². The third kappa shape index (κ3) is 2.48. The summed E-state index contributed by atoms with van der Waals surface area (Å²) >= 11 is 0. The largest absolute Gasteiger partial charge is 0.347 e. The Morgan fingerprint density at radius 1 is 1.44 bits per heavy atom. The summed E-state index contributed by atoms with van der Waals surface area (Å²) in [6.45, 7) is 2.10. The molecule has 6 nitrogen and oxygen atoms in total. The molecule has 0 fully saturated rings. The van der Waals surface area contributed by atoms with E-state index in [2.05, 4.69) is 15.0 Å². The van der Waals surface area contributed by atoms with E-state index >= 15 is 0 Å². The summed E-state index contributed by atoms with van der Waals surface area (Å²) in [4.78, 5) is 34.7. The Morgan fingerprint density at radius 2 is 2.22 bits per heavy atom. The van der Waals surface area contributed by atoms with Crippen molar-refractivity contribution < 1.29 is 4.79 Å². The smallest absolute Gasteiger partial charge is 0.260 e. The summed E-state index contributed by atoms with van der Waals surface area (Å²) in [5.41, 5.74) is 0.492. The molecule has 2 N–H and O–H groups in total. The number of aryl methyl sites for hydroxylation is 1. The molecule has 18 heavy (non-hydrogen) atoms. The summed E-state index contributed by atoms with van der Waals surface area (Å²) in [6, 6.07) is 3.24. The van der Waals surface area contributed by atoms with Gasteiger partial charge in [-0.25, -0.2) is 4.98 Å². The average Bonchev–Trinajstić information content (AvgIpc) is 2.81. The zero-order valence-corrected chi connectivity index (χ0v) is 10.2. The predicted octanol–water partition coefficient (Wildman–Crippen LogP) is 0.679. The fourth-order valence-corrected chi connectivity index (χ4v) is 1.63. The first kappa shape index (κ1) is 12.1. The van der Waals surface area contributed by atoms with Crippen LogP contribution in [0.3, 0.4) is 0 Å². The molecule has 0 aromatic carbocycles. The van der Waals surface area contributed by atoms with Crippen molar-refractivity contribution in [1.82, 2.24) is 19.9 Å². The molecule has 2 aromatic rings. The molecule has 0 aliphatic carbocycles. The molecule has 0 atom stereocenters. The van der Waals surface area contributed by atoms with Gasteiger partial charge in [0.2, 0.25) is 0 Å². The van der Waals surface area contributed by atoms with Gasteiger partial charge in [-0.3, -0.25) is 9.59 Å². The number of carbonyl (C=O) groups excluding carboxylic acids is 1. The summed E-state index contributed by atoms with van der Waals surface area (Å²) in [6.07, 6.45) is 3.30. The monoisotopic (exact) mass is 246 g/mol. The minimum atomic E-state index is -0.369. The van der Waals surface area contributed by atoms with Gasteiger partial charge >= 0.3 is 0 Å². The van der Waals surface area contributed by atoms with Gasteiger partial charge in [-0.15, -0.1) is 0 Å². The first-order valence-electron chi connectivity index (χ1n) is 5.51. The Morgan fingerprint density at radius 3 is 2.83 bits per heavy atom. The van der Waals surface area contributed by atoms with E-state index in [9.17, 15) is 9.59 Å². The molecule has 0 aliphatic heterocycles. The highest BCUT2D eigenvalue weighted by Crippen LogP contribution is 2.02. The minimum Gasteiger partial charge on any atom is -0.347 e. The van der Waals surface area contributed by atoms with Crippen molar-refractivity contribution in [2.75, 3.05) is 7.05 Å². The van der Waals surface area contributed by atoms with Crippen molar-refractivity contribution in [2.24, 2.45) is 0 Å². The Balaban J connectivity index is 2.18. The number of aromatic nitrogens is 3. The van der Waals surface area contributed by atoms with Crippen LogP contribution in [0.15, 0.2) is 29.3 Å². The summed E-state index contributed by atoms with van der Waals surface area (Å²) in [7, 11) is 1.63. The van der Waals surface area contributed by atoms with E-state index in [4.69, 9.17) is 0 Å². The fourth-order valence-electron chi connectivity index (χ4n) is 1.63. The quantitative estimate of drug-likeness (QED) is 0.835. The molecular formula is C12H14N4O2. The van der Waals surface area contributed by atoms with Crippen LogP contribution in [0.5, 0.6) is 0 Å². The summed E-state index contributed by atoms with van der Waals surface area (Å²) in [5.74, 6) is 0.349. The molecule has 1 amide bonds. The molecular weight excluding hydrogens is 232 g/mol. The number of aromatic amines is 2. The van der Waals surface area contributed by atoms with E-state index in [1.54, 1.807) is 32.4 Å². The van der Waals surface area contributed by atoms with Crippen molar-refractivity contribution in [3.05, 3.63) is 52.0 Å². The Bertz CT molecular complexity index is 601. The van der Waals surface area contributed by atoms with Crippen LogP contribution in [0.2, 0.25) is 0 Å². The number of nitrogens with one attached hydrogen (secondary N) is 2. The number of hydrogen-bond acceptors (Lipinski definition) is 3. The standard InChI is InChI=1S/C12H14N4O2/c1-8-3-4-9(11(17)15-8)12(18)16(2)7-10-13-5-6-14-10/h3-6H,7H2,1-2H3,(H,13,14)(H,15,17). The highest BCUT2D eigenvalue weighted by molar-refractivity contribution is 5.93. The maximum Gasteiger partial charge on any atom is 0.260 e. The van der Waals surface area contributed by atoms with Crippen molar-refractivity contribution >= 4 is 5.91 Å². The highest BCUT2D eigenvalue weighted by Gasteiger charge is 2.16. The molecule has 0 bridgehead atoms. The average molecular weight is 246 g/mol. The summed E-state index contributed by atoms with van der Waals surface area (Å²) < 4.78 is 0. The number of carbonyl (C=O) groups is 1. The van der Waals surface area contributed by atoms with E-state index in [1.165, 1.54) is 11.0 Å². The van der Waals surface area contributed by atoms with Crippen LogP contribution < -0.4 is 5.56 Å². The number of nitrogens with zero attached hydrogens (tertiary/aromatic N) is 2. The molecule has 2 heterocycles. The summed E-state index contributed by atoms with van der Waals surface area (Å²) in [5, 5.41) is 0. The van der Waals surface area contributed by atoms with Crippen LogP contribution in [0.4, 0.5) is 0 Å². The van der Waals surface area contributed by atoms with Crippen molar-refractivity contribution in [3.8, 4) is 0 Å². The first-order chi connectivity index (χ1) is 8.58. The second kappa shape index (κ2) is 4.87. The Kier molecular flexibility index (Phi) is 3.27. The van der Waals surface area contributed by atoms with Gasteiger partial charge in [-0.05, 0) is 19.1 Å². The van der Waals surface area contributed by atoms with Crippen LogP contribution in [0, 0.1) is 6.92 Å². The van der Waals surface area contributed by atoms with Crippen LogP contribution >= 0.6 is 0 Å². The van der Waals surface area contributed by atoms with Gasteiger partial charge < -0.3 is 14.9 Å². The minimum absolute atomic E-state index is 0.134. The number of hydrogen-bond donors (Lipinski definition) is 2. The SMILES string of the molecule is Cc1ccc(C(=O)N(C)Cc2ncc[nH]2)c(=O)[nH]1. The van der Waals surface area contributed by atoms with Gasteiger partial charge in [0.05, 0.1) is 6.54 Å². The molecule has 0 radical (unpaired) electrons. The van der Waals surface area contributed by atoms with Crippen molar-refractivity contribution in [3.63, 3.8) is 0 Å². The highest BCUT2D eigenvalue weighted by atomic mass is 16.2. The second-order valence-electron chi connectivity index (χ2n) is 4.08. The normalized spacial score (nSPS) is 10.3. The van der Waals surface area contributed by atoms with Crippen molar-refractivity contribution in [1.29, 1.82) is 0 Å². The molecule has 0 unspecified atom stereocenters. The molecule has 0 spiro atoms. The third-order valence-electron chi connectivity index (χ3n) is 2.57. The van der Waals surface area contributed by atoms with Gasteiger partial charge in [0.25, 0.3) is 11.5 Å². The zero-order chi connectivity index (χ0) is 13.1. The lowest BCUT2D eigenvalue weighted by Crippen LogP contribution is -2.31. The number of rotatable bonds is 3. The third-order valence-corrected chi connectivity index (χ3v) is 2.57. The van der Waals surface area contributed by atoms with Gasteiger partial charge in [0.1, 0.15) is 11.4 Å². The van der Waals surface area contributed by atoms with E-state index in [1.807, 2.05) is 0 Å². The fraction of sp³-hybridized carbons (Fsp3) is 0.250. The predicted molar refractivity (Wildman–Crippen MR) is 66.2 cm³/mol. The molecule has 0 saturated carbocycles. The maximum absolute atomic E-state index is 12.1. The lowest BCUT2D eigenvalue weighted by Gasteiger charge is -2.15. The van der Waals surface area contributed by atoms with Gasteiger partial charge in [-0.1, -0.05) is 0 Å². The number of amides is 1. The topological polar surface area (TPSA) is 81.8 Å². The zero-order valence-electron chi connectivity index (χ0n) is 10.2. The first-order valence-corrected chi connectivity index (χ1v) is 5.51. The molecule has 94 valence electrons. The van der Waals surface area contributed by atoms with Crippen LogP contribution in [-0.4, -0.2) is 32.8 Å². The molecule has 0 aliphatic rings. The molecule has 6 heteroatoms. The molecule has 2 rings (SSSR count). The lowest BCUT2D eigenvalue weighted by atomic mass is 10.2. The van der Waals surface area contributed by atoms with Crippen LogP contribution in [-0.2, 0) is 6.54 Å². The molecule has 0 saturated heterocycles. The van der Waals surface area contributed by atoms with E-state index < -0.39 is 0 Å². The number of H-pyrrole nitrogens is 2. The van der Waals surface area contributed by atoms with Gasteiger partial charge in [-0.2, -0.15) is 0 Å². The van der Waals surface area contributed by atoms with Gasteiger partial charge in [0, 0.05) is 25.1 Å². The Hall–Kier alpha value is -2.37. The number of imidazole rings is 1. The van der Waals surface area contributed by atoms with Crippen LogP contribution in [0.25, 0.3) is 0 Å². The second-order valence-corrected chi connectivity index (χ2v) is 4.08. The van der Waals surface area contributed by atoms with Gasteiger partial charge in [0.15, 0.2) is 0 Å². The van der Waals surface area contributed by atoms with E-state index in [-0.39, 0.29) is 17.0 Å². The van der Waals surface area contributed by atoms with E-state index in [0.717, 1.165) is 5.69 Å². The van der Waals surface area contributed by atoms with Crippen LogP contribution in [0.1, 0.15) is 21.9 Å². The maximum atomic E-state index is 12.1. The molecule has 2 aromatic heterocycles. The Labute approximate surface area is 104 Å².